The van der Waals surface area contributed by atoms with Gasteiger partial charge in [-0.25, -0.2) is 0 Å². The normalized spacial score (nSPS) is 11.4. The zero-order valence-electron chi connectivity index (χ0n) is 31.7. The summed E-state index contributed by atoms with van der Waals surface area (Å²) in [6.45, 7) is 0. The van der Waals surface area contributed by atoms with Crippen molar-refractivity contribution < 1.29 is 0 Å². The van der Waals surface area contributed by atoms with Crippen LogP contribution in [0.3, 0.4) is 0 Å². The maximum atomic E-state index is 2.43. The third kappa shape index (κ3) is 6.03. The van der Waals surface area contributed by atoms with Crippen molar-refractivity contribution in [3.05, 3.63) is 224 Å². The number of benzene rings is 10. The lowest BCUT2D eigenvalue weighted by atomic mass is 9.93. The fourth-order valence-corrected chi connectivity index (χ4v) is 9.85. The Kier molecular flexibility index (Phi) is 8.42. The van der Waals surface area contributed by atoms with Gasteiger partial charge in [-0.3, -0.25) is 0 Å². The van der Waals surface area contributed by atoms with Gasteiger partial charge in [-0.2, -0.15) is 0 Å². The van der Waals surface area contributed by atoms with Gasteiger partial charge in [0.05, 0.1) is 5.69 Å². The summed E-state index contributed by atoms with van der Waals surface area (Å²) < 4.78 is 2.65. The van der Waals surface area contributed by atoms with E-state index in [4.69, 9.17) is 0 Å². The second-order valence-electron chi connectivity index (χ2n) is 14.9. The third-order valence-electron chi connectivity index (χ3n) is 11.4. The second kappa shape index (κ2) is 14.4. The number of hydrogen-bond donors (Lipinski definition) is 0. The Balaban J connectivity index is 1.05. The van der Waals surface area contributed by atoms with Crippen LogP contribution in [0.15, 0.2) is 224 Å². The van der Waals surface area contributed by atoms with Crippen LogP contribution in [0, 0.1) is 0 Å². The molecular formula is C56H37NS. The van der Waals surface area contributed by atoms with Crippen LogP contribution in [0.5, 0.6) is 0 Å². The number of anilines is 3. The first-order valence-electron chi connectivity index (χ1n) is 19.8. The molecule has 0 aliphatic rings. The van der Waals surface area contributed by atoms with Crippen LogP contribution in [0.1, 0.15) is 0 Å². The minimum Gasteiger partial charge on any atom is -0.310 e. The molecule has 0 saturated carbocycles. The molecule has 1 nitrogen and oxygen atoms in total. The summed E-state index contributed by atoms with van der Waals surface area (Å²) in [5, 5.41) is 7.58. The quantitative estimate of drug-likeness (QED) is 0.146. The van der Waals surface area contributed by atoms with E-state index < -0.39 is 0 Å². The molecular weight excluding hydrogens is 719 g/mol. The van der Waals surface area contributed by atoms with Gasteiger partial charge in [0.15, 0.2) is 0 Å². The molecule has 0 aliphatic carbocycles. The molecule has 0 saturated heterocycles. The molecule has 1 heterocycles. The standard InChI is InChI=1S/C56H37NS/c1-3-13-38(14-4-1)44-35-45(39-15-5-2-6-16-39)37-46(36-44)40-27-31-47(32-28-40)57(53-23-11-18-43-26-25-41-17-7-8-19-49(41)55(43)53)48-33-29-42(30-34-48)50-21-12-22-52-51-20-9-10-24-54(51)58-56(50)52/h1-37H. The van der Waals surface area contributed by atoms with Crippen LogP contribution in [-0.2, 0) is 0 Å². The van der Waals surface area contributed by atoms with Crippen molar-refractivity contribution in [1.82, 2.24) is 0 Å². The maximum Gasteiger partial charge on any atom is 0.0546 e. The van der Waals surface area contributed by atoms with Crippen molar-refractivity contribution in [2.75, 3.05) is 4.90 Å². The molecule has 11 aromatic rings. The van der Waals surface area contributed by atoms with Crippen LogP contribution in [-0.4, -0.2) is 0 Å². The molecule has 58 heavy (non-hydrogen) atoms. The molecule has 0 unspecified atom stereocenters. The van der Waals surface area contributed by atoms with Crippen molar-refractivity contribution >= 4 is 70.1 Å². The predicted molar refractivity (Wildman–Crippen MR) is 251 cm³/mol. The lowest BCUT2D eigenvalue weighted by Gasteiger charge is -2.28. The highest BCUT2D eigenvalue weighted by atomic mass is 32.1. The number of nitrogens with zero attached hydrogens (tertiary/aromatic N) is 1. The molecule has 0 N–H and O–H groups in total. The Morgan fingerprint density at radius 2 is 0.810 bits per heavy atom. The van der Waals surface area contributed by atoms with E-state index in [-0.39, 0.29) is 0 Å². The van der Waals surface area contributed by atoms with E-state index in [0.29, 0.717) is 0 Å². The summed E-state index contributed by atoms with van der Waals surface area (Å²) in [7, 11) is 0. The van der Waals surface area contributed by atoms with Gasteiger partial charge >= 0.3 is 0 Å². The lowest BCUT2D eigenvalue weighted by molar-refractivity contribution is 1.30. The Hall–Kier alpha value is -7.26. The average molecular weight is 756 g/mol. The van der Waals surface area contributed by atoms with Gasteiger partial charge in [0.2, 0.25) is 0 Å². The van der Waals surface area contributed by atoms with Gasteiger partial charge in [-0.05, 0) is 115 Å². The van der Waals surface area contributed by atoms with Crippen molar-refractivity contribution in [2.24, 2.45) is 0 Å². The van der Waals surface area contributed by atoms with Gasteiger partial charge in [-0.1, -0.05) is 170 Å². The topological polar surface area (TPSA) is 3.24 Å². The molecule has 0 radical (unpaired) electrons. The van der Waals surface area contributed by atoms with Gasteiger partial charge in [0.25, 0.3) is 0 Å². The smallest absolute Gasteiger partial charge is 0.0546 e. The van der Waals surface area contributed by atoms with Gasteiger partial charge in [0.1, 0.15) is 0 Å². The van der Waals surface area contributed by atoms with Gasteiger partial charge in [-0.15, -0.1) is 11.3 Å². The summed E-state index contributed by atoms with van der Waals surface area (Å²) in [5.41, 5.74) is 13.0. The van der Waals surface area contributed by atoms with Crippen LogP contribution in [0.2, 0.25) is 0 Å². The Morgan fingerprint density at radius 3 is 1.48 bits per heavy atom. The Bertz CT molecular complexity index is 3200. The van der Waals surface area contributed by atoms with E-state index in [2.05, 4.69) is 229 Å². The molecule has 0 atom stereocenters. The van der Waals surface area contributed by atoms with Crippen molar-refractivity contribution in [2.45, 2.75) is 0 Å². The fourth-order valence-electron chi connectivity index (χ4n) is 8.61. The van der Waals surface area contributed by atoms with Crippen LogP contribution in [0.4, 0.5) is 17.1 Å². The first-order valence-corrected chi connectivity index (χ1v) is 20.6. The highest BCUT2D eigenvalue weighted by Gasteiger charge is 2.19. The van der Waals surface area contributed by atoms with E-state index in [0.717, 1.165) is 17.1 Å². The lowest BCUT2D eigenvalue weighted by Crippen LogP contribution is -2.10. The zero-order chi connectivity index (χ0) is 38.4. The van der Waals surface area contributed by atoms with Crippen LogP contribution < -0.4 is 4.90 Å². The molecule has 2 heteroatoms. The highest BCUT2D eigenvalue weighted by molar-refractivity contribution is 7.26. The zero-order valence-corrected chi connectivity index (χ0v) is 32.5. The number of hydrogen-bond acceptors (Lipinski definition) is 2. The van der Waals surface area contributed by atoms with E-state index in [1.54, 1.807) is 0 Å². The van der Waals surface area contributed by atoms with Crippen molar-refractivity contribution in [3.63, 3.8) is 0 Å². The third-order valence-corrected chi connectivity index (χ3v) is 12.7. The molecule has 1 aromatic heterocycles. The van der Waals surface area contributed by atoms with E-state index in [1.807, 2.05) is 11.3 Å². The van der Waals surface area contributed by atoms with Gasteiger partial charge < -0.3 is 4.90 Å². The largest absolute Gasteiger partial charge is 0.310 e. The summed E-state index contributed by atoms with van der Waals surface area (Å²) in [6, 6.07) is 81.9. The Morgan fingerprint density at radius 1 is 0.310 bits per heavy atom. The monoisotopic (exact) mass is 755 g/mol. The highest BCUT2D eigenvalue weighted by Crippen LogP contribution is 2.44. The molecule has 0 bridgehead atoms. The molecule has 0 amide bonds. The predicted octanol–water partition coefficient (Wildman–Crippen LogP) is 16.5. The van der Waals surface area contributed by atoms with E-state index in [1.165, 1.54) is 86.2 Å². The molecule has 10 aromatic carbocycles. The van der Waals surface area contributed by atoms with Crippen molar-refractivity contribution in [1.29, 1.82) is 0 Å². The van der Waals surface area contributed by atoms with Gasteiger partial charge in [0, 0.05) is 36.9 Å². The second-order valence-corrected chi connectivity index (χ2v) is 16.0. The SMILES string of the molecule is c1ccc(-c2cc(-c3ccccc3)cc(-c3ccc(N(c4ccc(-c5cccc6c5sc5ccccc56)cc4)c4cccc5ccc6ccccc6c45)cc3)c2)cc1. The van der Waals surface area contributed by atoms with E-state index in [9.17, 15) is 0 Å². The molecule has 0 fully saturated rings. The van der Waals surface area contributed by atoms with E-state index >= 15 is 0 Å². The number of fused-ring (bicyclic) bond motifs is 6. The van der Waals surface area contributed by atoms with Crippen molar-refractivity contribution in [3.8, 4) is 44.5 Å². The number of rotatable bonds is 7. The fraction of sp³-hybridized carbons (Fsp3) is 0. The summed E-state index contributed by atoms with van der Waals surface area (Å²) in [5.74, 6) is 0. The average Bonchev–Trinajstić information content (AvgIpc) is 3.69. The number of thiophene rings is 1. The summed E-state index contributed by atoms with van der Waals surface area (Å²) >= 11 is 1.88. The van der Waals surface area contributed by atoms with Crippen LogP contribution >= 0.6 is 11.3 Å². The Labute approximate surface area is 342 Å². The molecule has 0 spiro atoms. The molecule has 0 aliphatic heterocycles. The minimum atomic E-state index is 1.10. The maximum absolute atomic E-state index is 2.43. The summed E-state index contributed by atoms with van der Waals surface area (Å²) in [6.07, 6.45) is 0. The minimum absolute atomic E-state index is 1.10. The molecule has 11 rings (SSSR count). The van der Waals surface area contributed by atoms with Crippen LogP contribution in [0.25, 0.3) is 86.2 Å². The molecule has 272 valence electrons. The first kappa shape index (κ1) is 34.0. The summed E-state index contributed by atoms with van der Waals surface area (Å²) in [4.78, 5) is 2.43. The first-order chi connectivity index (χ1) is 28.7.